The molecule has 20 heavy (non-hydrogen) atoms. The molecule has 0 saturated heterocycles. The molecule has 0 unspecified atom stereocenters. The van der Waals surface area contributed by atoms with Crippen LogP contribution < -0.4 is 15.8 Å². The van der Waals surface area contributed by atoms with Crippen LogP contribution in [0.2, 0.25) is 0 Å². The molecule has 1 aromatic rings. The largest absolute Gasteiger partial charge is 0.490 e. The molecule has 3 N–H and O–H groups in total. The number of benzene rings is 1. The molecule has 0 saturated carbocycles. The molecule has 0 aliphatic carbocycles. The van der Waals surface area contributed by atoms with E-state index in [1.165, 1.54) is 0 Å². The lowest BCUT2D eigenvalue weighted by Gasteiger charge is -2.22. The predicted molar refractivity (Wildman–Crippen MR) is 80.2 cm³/mol. The molecule has 0 fully saturated rings. The number of fused-ring (bicyclic) bond motifs is 1. The molecule has 1 heterocycles. The van der Waals surface area contributed by atoms with Crippen molar-refractivity contribution in [3.8, 4) is 5.75 Å². The summed E-state index contributed by atoms with van der Waals surface area (Å²) in [5, 5.41) is 2.83. The highest BCUT2D eigenvalue weighted by molar-refractivity contribution is 7.99. The van der Waals surface area contributed by atoms with E-state index in [1.54, 1.807) is 17.8 Å². The number of thioether (sulfide) groups is 1. The van der Waals surface area contributed by atoms with Crippen LogP contribution in [0.1, 0.15) is 20.8 Å². The van der Waals surface area contributed by atoms with Crippen molar-refractivity contribution in [2.75, 3.05) is 18.1 Å². The summed E-state index contributed by atoms with van der Waals surface area (Å²) in [6.45, 7) is 5.92. The number of amides is 1. The second kappa shape index (κ2) is 5.83. The van der Waals surface area contributed by atoms with Gasteiger partial charge in [-0.2, -0.15) is 0 Å². The van der Waals surface area contributed by atoms with Crippen molar-refractivity contribution in [3.63, 3.8) is 0 Å². The number of nitrogens with two attached hydrogens (primary N) is 1. The number of alkyl carbamates (subject to hydrolysis) is 1. The standard InChI is InChI=1S/C14H20N2O3S/c1-14(2,3)19-13(17)16-10-7-18-11-6-9(15)4-5-12(11)20-8-10/h4-6,10H,7-8,15H2,1-3H3,(H,16,17)/t10-/m0/s1. The van der Waals surface area contributed by atoms with Crippen LogP contribution in [-0.4, -0.2) is 30.1 Å². The molecule has 0 aromatic heterocycles. The molecule has 1 aliphatic heterocycles. The average molecular weight is 296 g/mol. The van der Waals surface area contributed by atoms with E-state index in [2.05, 4.69) is 5.32 Å². The van der Waals surface area contributed by atoms with Crippen molar-refractivity contribution >= 4 is 23.5 Å². The maximum Gasteiger partial charge on any atom is 0.408 e. The SMILES string of the molecule is CC(C)(C)OC(=O)N[C@H]1COc2cc(N)ccc2SC1. The van der Waals surface area contributed by atoms with E-state index < -0.39 is 11.7 Å². The van der Waals surface area contributed by atoms with E-state index in [0.717, 1.165) is 16.4 Å². The minimum atomic E-state index is -0.500. The van der Waals surface area contributed by atoms with E-state index >= 15 is 0 Å². The molecule has 2 rings (SSSR count). The zero-order chi connectivity index (χ0) is 14.8. The van der Waals surface area contributed by atoms with Gasteiger partial charge in [0.05, 0.1) is 6.04 Å². The average Bonchev–Trinajstić information content (AvgIpc) is 2.49. The van der Waals surface area contributed by atoms with Gasteiger partial charge in [0.2, 0.25) is 0 Å². The van der Waals surface area contributed by atoms with Gasteiger partial charge in [-0.15, -0.1) is 11.8 Å². The lowest BCUT2D eigenvalue weighted by atomic mass is 10.2. The summed E-state index contributed by atoms with van der Waals surface area (Å²) < 4.78 is 10.9. The Labute approximate surface area is 123 Å². The van der Waals surface area contributed by atoms with Gasteiger partial charge in [0.1, 0.15) is 18.0 Å². The van der Waals surface area contributed by atoms with Gasteiger partial charge in [-0.05, 0) is 32.9 Å². The Bertz CT molecular complexity index is 500. The molecule has 5 nitrogen and oxygen atoms in total. The quantitative estimate of drug-likeness (QED) is 0.779. The van der Waals surface area contributed by atoms with Crippen LogP contribution in [0.4, 0.5) is 10.5 Å². The molecule has 1 atom stereocenters. The van der Waals surface area contributed by atoms with Gasteiger partial charge >= 0.3 is 6.09 Å². The third kappa shape index (κ3) is 4.23. The van der Waals surface area contributed by atoms with Crippen LogP contribution >= 0.6 is 11.8 Å². The van der Waals surface area contributed by atoms with E-state index in [4.69, 9.17) is 15.2 Å². The predicted octanol–water partition coefficient (Wildman–Crippen LogP) is 2.65. The van der Waals surface area contributed by atoms with Crippen LogP contribution in [0.3, 0.4) is 0 Å². The van der Waals surface area contributed by atoms with Crippen molar-refractivity contribution < 1.29 is 14.3 Å². The van der Waals surface area contributed by atoms with Crippen molar-refractivity contribution in [3.05, 3.63) is 18.2 Å². The van der Waals surface area contributed by atoms with E-state index in [0.29, 0.717) is 12.3 Å². The normalized spacial score (nSPS) is 18.4. The lowest BCUT2D eigenvalue weighted by Crippen LogP contribution is -2.43. The Balaban J connectivity index is 1.94. The Morgan fingerprint density at radius 1 is 1.50 bits per heavy atom. The second-order valence-corrected chi connectivity index (χ2v) is 6.73. The molecule has 1 aliphatic rings. The number of nitrogen functional groups attached to an aromatic ring is 1. The van der Waals surface area contributed by atoms with Crippen LogP contribution in [0.15, 0.2) is 23.1 Å². The number of anilines is 1. The Kier molecular flexibility index (Phi) is 4.32. The molecular formula is C14H20N2O3S. The van der Waals surface area contributed by atoms with Gasteiger partial charge in [0.25, 0.3) is 0 Å². The Morgan fingerprint density at radius 3 is 2.95 bits per heavy atom. The Morgan fingerprint density at radius 2 is 2.25 bits per heavy atom. The van der Waals surface area contributed by atoms with E-state index in [-0.39, 0.29) is 6.04 Å². The van der Waals surface area contributed by atoms with Gasteiger partial charge in [-0.25, -0.2) is 4.79 Å². The molecule has 0 spiro atoms. The lowest BCUT2D eigenvalue weighted by molar-refractivity contribution is 0.0495. The van der Waals surface area contributed by atoms with E-state index in [9.17, 15) is 4.79 Å². The smallest absolute Gasteiger partial charge is 0.408 e. The third-order valence-electron chi connectivity index (χ3n) is 2.57. The number of rotatable bonds is 1. The van der Waals surface area contributed by atoms with Crippen LogP contribution in [0, 0.1) is 0 Å². The maximum absolute atomic E-state index is 11.7. The molecule has 1 aromatic carbocycles. The van der Waals surface area contributed by atoms with Gasteiger partial charge < -0.3 is 20.5 Å². The zero-order valence-corrected chi connectivity index (χ0v) is 12.8. The molecule has 0 bridgehead atoms. The van der Waals surface area contributed by atoms with Crippen LogP contribution in [0.5, 0.6) is 5.75 Å². The number of ether oxygens (including phenoxy) is 2. The molecule has 0 radical (unpaired) electrons. The second-order valence-electron chi connectivity index (χ2n) is 5.67. The van der Waals surface area contributed by atoms with Gasteiger partial charge in [-0.3, -0.25) is 0 Å². The fourth-order valence-electron chi connectivity index (χ4n) is 1.74. The number of nitrogens with one attached hydrogen (secondary N) is 1. The first-order chi connectivity index (χ1) is 9.33. The fraction of sp³-hybridized carbons (Fsp3) is 0.500. The zero-order valence-electron chi connectivity index (χ0n) is 11.9. The summed E-state index contributed by atoms with van der Waals surface area (Å²) in [5.41, 5.74) is 5.91. The first-order valence-corrected chi connectivity index (χ1v) is 7.47. The first-order valence-electron chi connectivity index (χ1n) is 6.48. The van der Waals surface area contributed by atoms with Crippen molar-refractivity contribution in [1.29, 1.82) is 0 Å². The molecular weight excluding hydrogens is 276 g/mol. The fourth-order valence-corrected chi connectivity index (χ4v) is 2.73. The monoisotopic (exact) mass is 296 g/mol. The number of hydrogen-bond acceptors (Lipinski definition) is 5. The summed E-state index contributed by atoms with van der Waals surface area (Å²) in [6.07, 6.45) is -0.419. The van der Waals surface area contributed by atoms with Crippen molar-refractivity contribution in [2.45, 2.75) is 37.3 Å². The summed E-state index contributed by atoms with van der Waals surface area (Å²) in [6, 6.07) is 5.49. The van der Waals surface area contributed by atoms with Gasteiger partial charge in [0, 0.05) is 22.4 Å². The maximum atomic E-state index is 11.7. The number of carbonyl (C=O) groups excluding carboxylic acids is 1. The summed E-state index contributed by atoms with van der Waals surface area (Å²) in [4.78, 5) is 12.8. The topological polar surface area (TPSA) is 73.6 Å². The van der Waals surface area contributed by atoms with Crippen molar-refractivity contribution in [1.82, 2.24) is 5.32 Å². The Hall–Kier alpha value is -1.56. The van der Waals surface area contributed by atoms with Crippen molar-refractivity contribution in [2.24, 2.45) is 0 Å². The van der Waals surface area contributed by atoms with Crippen LogP contribution in [-0.2, 0) is 4.74 Å². The number of hydrogen-bond donors (Lipinski definition) is 2. The summed E-state index contributed by atoms with van der Waals surface area (Å²) in [7, 11) is 0. The highest BCUT2D eigenvalue weighted by atomic mass is 32.2. The third-order valence-corrected chi connectivity index (χ3v) is 3.79. The van der Waals surface area contributed by atoms with Gasteiger partial charge in [0.15, 0.2) is 0 Å². The van der Waals surface area contributed by atoms with E-state index in [1.807, 2.05) is 32.9 Å². The summed E-state index contributed by atoms with van der Waals surface area (Å²) >= 11 is 1.64. The molecule has 6 heteroatoms. The minimum Gasteiger partial charge on any atom is -0.490 e. The van der Waals surface area contributed by atoms with Gasteiger partial charge in [-0.1, -0.05) is 0 Å². The minimum absolute atomic E-state index is 0.0940. The van der Waals surface area contributed by atoms with Crippen LogP contribution in [0.25, 0.3) is 0 Å². The molecule has 110 valence electrons. The molecule has 1 amide bonds. The highest BCUT2D eigenvalue weighted by Crippen LogP contribution is 2.33. The summed E-state index contributed by atoms with van der Waals surface area (Å²) in [5.74, 6) is 1.50. The number of carbonyl (C=O) groups is 1. The first kappa shape index (κ1) is 14.8. The highest BCUT2D eigenvalue weighted by Gasteiger charge is 2.22.